The maximum absolute atomic E-state index is 11.3. The second-order valence-corrected chi connectivity index (χ2v) is 3.56. The number of anilines is 1. The van der Waals surface area contributed by atoms with Gasteiger partial charge in [0.1, 0.15) is 0 Å². The van der Waals surface area contributed by atoms with Crippen LogP contribution in [0.5, 0.6) is 0 Å². The zero-order chi connectivity index (χ0) is 13.3. The van der Waals surface area contributed by atoms with Crippen molar-refractivity contribution in [2.45, 2.75) is 0 Å². The first-order valence-electron chi connectivity index (χ1n) is 5.02. The number of oxazole rings is 1. The number of fused-ring (bicyclic) bond motifs is 1. The first kappa shape index (κ1) is 11.9. The molecule has 7 nitrogen and oxygen atoms in total. The Labute approximate surface area is 101 Å². The van der Waals surface area contributed by atoms with E-state index in [0.29, 0.717) is 16.8 Å². The Morgan fingerprint density at radius 3 is 2.78 bits per heavy atom. The number of carbonyl (C=O) groups excluding carboxylic acids is 2. The lowest BCUT2D eigenvalue weighted by atomic mass is 10.3. The third-order valence-corrected chi connectivity index (χ3v) is 2.42. The minimum Gasteiger partial charge on any atom is -0.462 e. The first-order chi connectivity index (χ1) is 8.52. The molecule has 2 rings (SSSR count). The maximum atomic E-state index is 11.3. The molecule has 2 aromatic rings. The van der Waals surface area contributed by atoms with Gasteiger partial charge in [-0.05, 0) is 12.1 Å². The van der Waals surface area contributed by atoms with Crippen molar-refractivity contribution in [2.24, 2.45) is 7.05 Å². The van der Waals surface area contributed by atoms with E-state index in [1.807, 2.05) is 0 Å². The molecule has 1 heterocycles. The van der Waals surface area contributed by atoms with E-state index in [2.05, 4.69) is 10.1 Å². The molecule has 0 fully saturated rings. The van der Waals surface area contributed by atoms with Crippen LogP contribution >= 0.6 is 0 Å². The molecule has 1 N–H and O–H groups in total. The summed E-state index contributed by atoms with van der Waals surface area (Å²) in [5, 5.41) is 2.33. The molecular formula is C11H10N2O5. The van der Waals surface area contributed by atoms with E-state index in [9.17, 15) is 14.4 Å². The summed E-state index contributed by atoms with van der Waals surface area (Å²) in [4.78, 5) is 33.5. The van der Waals surface area contributed by atoms with Gasteiger partial charge in [0, 0.05) is 18.8 Å². The molecule has 0 unspecified atom stereocenters. The highest BCUT2D eigenvalue weighted by Crippen LogP contribution is 2.17. The number of nitrogens with one attached hydrogen (secondary N) is 1. The predicted octanol–water partition coefficient (Wildman–Crippen LogP) is 0.243. The van der Waals surface area contributed by atoms with E-state index in [-0.39, 0.29) is 0 Å². The average molecular weight is 250 g/mol. The summed E-state index contributed by atoms with van der Waals surface area (Å²) in [7, 11) is 2.68. The summed E-state index contributed by atoms with van der Waals surface area (Å²) in [6.07, 6.45) is 0. The molecule has 0 spiro atoms. The Bertz CT molecular complexity index is 682. The summed E-state index contributed by atoms with van der Waals surface area (Å²) in [6, 6.07) is 4.61. The van der Waals surface area contributed by atoms with Crippen molar-refractivity contribution in [3.05, 3.63) is 28.7 Å². The van der Waals surface area contributed by atoms with E-state index in [0.717, 1.165) is 7.11 Å². The first-order valence-corrected chi connectivity index (χ1v) is 5.02. The van der Waals surface area contributed by atoms with E-state index >= 15 is 0 Å². The van der Waals surface area contributed by atoms with Crippen LogP contribution in [0.25, 0.3) is 11.1 Å². The number of hydrogen-bond acceptors (Lipinski definition) is 5. The molecule has 94 valence electrons. The number of nitrogens with zero attached hydrogens (tertiary/aromatic N) is 1. The van der Waals surface area contributed by atoms with Gasteiger partial charge in [-0.1, -0.05) is 0 Å². The fourth-order valence-corrected chi connectivity index (χ4v) is 1.49. The zero-order valence-electron chi connectivity index (χ0n) is 9.72. The Kier molecular flexibility index (Phi) is 2.88. The van der Waals surface area contributed by atoms with Crippen molar-refractivity contribution in [3.63, 3.8) is 0 Å². The molecule has 1 aromatic heterocycles. The van der Waals surface area contributed by atoms with Crippen molar-refractivity contribution < 1.29 is 18.7 Å². The number of aromatic nitrogens is 1. The van der Waals surface area contributed by atoms with Crippen LogP contribution < -0.4 is 11.1 Å². The molecule has 0 saturated heterocycles. The second-order valence-electron chi connectivity index (χ2n) is 3.56. The lowest BCUT2D eigenvalue weighted by Crippen LogP contribution is -2.23. The Morgan fingerprint density at radius 2 is 2.11 bits per heavy atom. The Hall–Kier alpha value is -2.57. The number of carbonyl (C=O) groups is 2. The standard InChI is InChI=1S/C11H10N2O5/c1-13-7-4-3-6(5-8(7)18-11(13)16)12-9(14)10(15)17-2/h3-5H,1-2H3,(H,12,14). The summed E-state index contributed by atoms with van der Waals surface area (Å²) in [5.74, 6) is -2.39. The fraction of sp³-hybridized carbons (Fsp3) is 0.182. The van der Waals surface area contributed by atoms with Crippen molar-refractivity contribution in [1.29, 1.82) is 0 Å². The van der Waals surface area contributed by atoms with Crippen LogP contribution in [0.2, 0.25) is 0 Å². The van der Waals surface area contributed by atoms with E-state index in [1.165, 1.54) is 10.6 Å². The highest BCUT2D eigenvalue weighted by Gasteiger charge is 2.14. The number of hydrogen-bond donors (Lipinski definition) is 1. The molecule has 0 radical (unpaired) electrons. The SMILES string of the molecule is COC(=O)C(=O)Nc1ccc2c(c1)oc(=O)n2C. The molecule has 0 saturated carbocycles. The van der Waals surface area contributed by atoms with Gasteiger partial charge in [0.05, 0.1) is 12.6 Å². The van der Waals surface area contributed by atoms with Gasteiger partial charge in [-0.3, -0.25) is 9.36 Å². The average Bonchev–Trinajstić information content (AvgIpc) is 2.63. The molecule has 7 heteroatoms. The highest BCUT2D eigenvalue weighted by atomic mass is 16.5. The number of rotatable bonds is 1. The smallest absolute Gasteiger partial charge is 0.419 e. The molecule has 1 amide bonds. The lowest BCUT2D eigenvalue weighted by molar-refractivity contribution is -0.150. The largest absolute Gasteiger partial charge is 0.462 e. The van der Waals surface area contributed by atoms with Gasteiger partial charge in [-0.2, -0.15) is 0 Å². The minimum absolute atomic E-state index is 0.324. The van der Waals surface area contributed by atoms with E-state index in [1.54, 1.807) is 19.2 Å². The fourth-order valence-electron chi connectivity index (χ4n) is 1.49. The van der Waals surface area contributed by atoms with E-state index < -0.39 is 17.6 Å². The van der Waals surface area contributed by atoms with Crippen molar-refractivity contribution >= 4 is 28.7 Å². The lowest BCUT2D eigenvalue weighted by Gasteiger charge is -2.02. The van der Waals surface area contributed by atoms with Crippen LogP contribution in [-0.2, 0) is 21.4 Å². The second kappa shape index (κ2) is 4.36. The van der Waals surface area contributed by atoms with Crippen molar-refractivity contribution in [1.82, 2.24) is 4.57 Å². The minimum atomic E-state index is -0.996. The van der Waals surface area contributed by atoms with Crippen molar-refractivity contribution in [2.75, 3.05) is 12.4 Å². The number of ether oxygens (including phenoxy) is 1. The quantitative estimate of drug-likeness (QED) is 0.578. The molecule has 0 atom stereocenters. The topological polar surface area (TPSA) is 90.5 Å². The number of amides is 1. The number of benzene rings is 1. The molecular weight excluding hydrogens is 240 g/mol. The zero-order valence-corrected chi connectivity index (χ0v) is 9.72. The maximum Gasteiger partial charge on any atom is 0.419 e. The summed E-state index contributed by atoms with van der Waals surface area (Å²) >= 11 is 0. The third-order valence-electron chi connectivity index (χ3n) is 2.42. The van der Waals surface area contributed by atoms with Crippen LogP contribution in [0, 0.1) is 0 Å². The van der Waals surface area contributed by atoms with Crippen LogP contribution in [0.3, 0.4) is 0 Å². The predicted molar refractivity (Wildman–Crippen MR) is 62.1 cm³/mol. The number of methoxy groups -OCH3 is 1. The van der Waals surface area contributed by atoms with Crippen LogP contribution in [-0.4, -0.2) is 23.6 Å². The molecule has 0 aliphatic heterocycles. The van der Waals surface area contributed by atoms with Gasteiger partial charge < -0.3 is 14.5 Å². The van der Waals surface area contributed by atoms with Crippen molar-refractivity contribution in [3.8, 4) is 0 Å². The number of esters is 1. The molecule has 18 heavy (non-hydrogen) atoms. The van der Waals surface area contributed by atoms with E-state index in [4.69, 9.17) is 4.42 Å². The van der Waals surface area contributed by atoms with Gasteiger partial charge in [-0.15, -0.1) is 0 Å². The molecule has 0 aliphatic rings. The van der Waals surface area contributed by atoms with Crippen LogP contribution in [0.1, 0.15) is 0 Å². The van der Waals surface area contributed by atoms with Gasteiger partial charge in [0.15, 0.2) is 5.58 Å². The Morgan fingerprint density at radius 1 is 1.39 bits per heavy atom. The molecule has 1 aromatic carbocycles. The Balaban J connectivity index is 2.34. The van der Waals surface area contributed by atoms with Gasteiger partial charge >= 0.3 is 17.6 Å². The van der Waals surface area contributed by atoms with Gasteiger partial charge in [0.2, 0.25) is 0 Å². The number of aryl methyl sites for hydroxylation is 1. The van der Waals surface area contributed by atoms with Crippen LogP contribution in [0.15, 0.2) is 27.4 Å². The van der Waals surface area contributed by atoms with Gasteiger partial charge in [0.25, 0.3) is 0 Å². The summed E-state index contributed by atoms with van der Waals surface area (Å²) in [5.41, 5.74) is 1.26. The summed E-state index contributed by atoms with van der Waals surface area (Å²) < 4.78 is 10.5. The third kappa shape index (κ3) is 1.97. The molecule has 0 aliphatic carbocycles. The molecule has 0 bridgehead atoms. The monoisotopic (exact) mass is 250 g/mol. The highest BCUT2D eigenvalue weighted by molar-refractivity contribution is 6.37. The van der Waals surface area contributed by atoms with Crippen LogP contribution in [0.4, 0.5) is 5.69 Å². The normalized spacial score (nSPS) is 10.3. The van der Waals surface area contributed by atoms with Gasteiger partial charge in [-0.25, -0.2) is 9.59 Å². The summed E-state index contributed by atoms with van der Waals surface area (Å²) in [6.45, 7) is 0.